The molecule has 0 spiro atoms. The van der Waals surface area contributed by atoms with Crippen molar-refractivity contribution in [2.75, 3.05) is 11.9 Å². The van der Waals surface area contributed by atoms with Crippen LogP contribution >= 0.6 is 11.8 Å². The smallest absolute Gasteiger partial charge is 0.324 e. The Morgan fingerprint density at radius 1 is 0.882 bits per heavy atom. The highest BCUT2D eigenvalue weighted by Gasteiger charge is 2.30. The van der Waals surface area contributed by atoms with Crippen molar-refractivity contribution in [3.05, 3.63) is 84.9 Å². The topological polar surface area (TPSA) is 102 Å². The highest BCUT2D eigenvalue weighted by Crippen LogP contribution is 2.33. The van der Waals surface area contributed by atoms with Crippen molar-refractivity contribution in [1.29, 1.82) is 0 Å². The van der Waals surface area contributed by atoms with Crippen LogP contribution < -0.4 is 10.0 Å². The molecule has 0 aromatic heterocycles. The van der Waals surface area contributed by atoms with Crippen LogP contribution in [0.15, 0.2) is 99.6 Å². The number of amides is 1. The van der Waals surface area contributed by atoms with E-state index in [-0.39, 0.29) is 4.90 Å². The number of anilines is 1. The van der Waals surface area contributed by atoms with Crippen molar-refractivity contribution >= 4 is 39.3 Å². The number of hydrogen-bond donors (Lipinski definition) is 2. The molecule has 0 aliphatic rings. The number of benzene rings is 3. The van der Waals surface area contributed by atoms with Crippen LogP contribution in [0.1, 0.15) is 13.8 Å². The maximum absolute atomic E-state index is 12.6. The number of carbonyl (C=O) groups excluding carboxylic acids is 2. The average Bonchev–Trinajstić information content (AvgIpc) is 2.83. The number of nitrogens with one attached hydrogen (secondary N) is 2. The van der Waals surface area contributed by atoms with Gasteiger partial charge < -0.3 is 10.1 Å². The van der Waals surface area contributed by atoms with E-state index in [2.05, 4.69) is 10.0 Å². The Morgan fingerprint density at radius 3 is 2.12 bits per heavy atom. The second kappa shape index (κ2) is 11.8. The molecular formula is C25H26N2O5S2. The predicted octanol–water partition coefficient (Wildman–Crippen LogP) is 4.32. The second-order valence-corrected chi connectivity index (χ2v) is 10.6. The molecule has 3 rings (SSSR count). The van der Waals surface area contributed by atoms with Gasteiger partial charge in [-0.3, -0.25) is 9.59 Å². The SMILES string of the molecule is CC(C)[C@H](NS(=O)(=O)c1ccccc1)C(=O)OCC(=O)Nc1ccccc1Sc1ccccc1. The summed E-state index contributed by atoms with van der Waals surface area (Å²) in [5.74, 6) is -1.74. The van der Waals surface area contributed by atoms with Gasteiger partial charge in [-0.05, 0) is 42.3 Å². The van der Waals surface area contributed by atoms with Crippen molar-refractivity contribution in [2.45, 2.75) is 34.6 Å². The Bertz CT molecular complexity index is 1220. The van der Waals surface area contributed by atoms with Crippen LogP contribution in [0, 0.1) is 5.92 Å². The van der Waals surface area contributed by atoms with E-state index in [0.717, 1.165) is 9.79 Å². The van der Waals surface area contributed by atoms with E-state index in [1.807, 2.05) is 42.5 Å². The first-order chi connectivity index (χ1) is 16.3. The lowest BCUT2D eigenvalue weighted by Crippen LogP contribution is -2.45. The van der Waals surface area contributed by atoms with Crippen LogP contribution in [0.3, 0.4) is 0 Å². The maximum Gasteiger partial charge on any atom is 0.324 e. The minimum absolute atomic E-state index is 0.0405. The van der Waals surface area contributed by atoms with Crippen molar-refractivity contribution in [3.8, 4) is 0 Å². The molecule has 0 fully saturated rings. The molecule has 0 unspecified atom stereocenters. The predicted molar refractivity (Wildman–Crippen MR) is 132 cm³/mol. The normalized spacial score (nSPS) is 12.2. The van der Waals surface area contributed by atoms with Gasteiger partial charge >= 0.3 is 5.97 Å². The van der Waals surface area contributed by atoms with Crippen LogP contribution in [0.25, 0.3) is 0 Å². The summed E-state index contributed by atoms with van der Waals surface area (Å²) >= 11 is 1.49. The summed E-state index contributed by atoms with van der Waals surface area (Å²) in [4.78, 5) is 27.0. The minimum atomic E-state index is -3.93. The molecule has 2 N–H and O–H groups in total. The molecule has 3 aromatic carbocycles. The Kier molecular flexibility index (Phi) is 8.86. The Balaban J connectivity index is 1.61. The van der Waals surface area contributed by atoms with Crippen molar-refractivity contribution in [2.24, 2.45) is 5.92 Å². The Labute approximate surface area is 204 Å². The number of esters is 1. The fourth-order valence-corrected chi connectivity index (χ4v) is 5.26. The molecule has 3 aromatic rings. The fourth-order valence-electron chi connectivity index (χ4n) is 2.98. The second-order valence-electron chi connectivity index (χ2n) is 7.72. The van der Waals surface area contributed by atoms with E-state index in [4.69, 9.17) is 4.74 Å². The van der Waals surface area contributed by atoms with E-state index in [0.29, 0.717) is 5.69 Å². The Hall–Kier alpha value is -3.14. The monoisotopic (exact) mass is 498 g/mol. The highest BCUT2D eigenvalue weighted by atomic mass is 32.2. The standard InChI is InChI=1S/C25H26N2O5S2/c1-18(2)24(27-34(30,31)20-13-7-4-8-14-20)25(29)32-17-23(28)26-21-15-9-10-16-22(21)33-19-11-5-3-6-12-19/h3-16,18,24,27H,17H2,1-2H3,(H,26,28)/t24-/m0/s1. The molecule has 0 saturated carbocycles. The number of para-hydroxylation sites is 1. The fraction of sp³-hybridized carbons (Fsp3) is 0.200. The molecule has 1 atom stereocenters. The summed E-state index contributed by atoms with van der Waals surface area (Å²) in [5, 5.41) is 2.75. The third-order valence-corrected chi connectivity index (χ3v) is 7.27. The summed E-state index contributed by atoms with van der Waals surface area (Å²) in [7, 11) is -3.93. The van der Waals surface area contributed by atoms with E-state index in [1.165, 1.54) is 23.9 Å². The highest BCUT2D eigenvalue weighted by molar-refractivity contribution is 7.99. The number of rotatable bonds is 10. The first-order valence-corrected chi connectivity index (χ1v) is 12.9. The molecule has 178 valence electrons. The molecule has 0 radical (unpaired) electrons. The van der Waals surface area contributed by atoms with Gasteiger partial charge in [0.15, 0.2) is 6.61 Å². The van der Waals surface area contributed by atoms with Gasteiger partial charge in [0.1, 0.15) is 6.04 Å². The molecule has 9 heteroatoms. The summed E-state index contributed by atoms with van der Waals surface area (Å²) in [6, 6.07) is 23.6. The van der Waals surface area contributed by atoms with Crippen LogP contribution in [0.5, 0.6) is 0 Å². The van der Waals surface area contributed by atoms with Gasteiger partial charge in [0.25, 0.3) is 5.91 Å². The summed E-state index contributed by atoms with van der Waals surface area (Å²) in [5.41, 5.74) is 0.586. The minimum Gasteiger partial charge on any atom is -0.454 e. The van der Waals surface area contributed by atoms with Gasteiger partial charge in [-0.2, -0.15) is 4.72 Å². The number of sulfonamides is 1. The number of carbonyl (C=O) groups is 2. The molecule has 0 aliphatic heterocycles. The maximum atomic E-state index is 12.6. The zero-order valence-electron chi connectivity index (χ0n) is 18.8. The van der Waals surface area contributed by atoms with Gasteiger partial charge in [-0.15, -0.1) is 0 Å². The van der Waals surface area contributed by atoms with E-state index < -0.39 is 40.5 Å². The summed E-state index contributed by atoms with van der Waals surface area (Å²) in [6.07, 6.45) is 0. The van der Waals surface area contributed by atoms with Gasteiger partial charge in [-0.25, -0.2) is 8.42 Å². The van der Waals surface area contributed by atoms with Gasteiger partial charge in [0.2, 0.25) is 10.0 Å². The molecule has 34 heavy (non-hydrogen) atoms. The first kappa shape index (κ1) is 25.5. The quantitative estimate of drug-likeness (QED) is 0.404. The van der Waals surface area contributed by atoms with E-state index in [1.54, 1.807) is 44.2 Å². The van der Waals surface area contributed by atoms with E-state index in [9.17, 15) is 18.0 Å². The zero-order valence-corrected chi connectivity index (χ0v) is 20.4. The lowest BCUT2D eigenvalue weighted by molar-refractivity contribution is -0.150. The van der Waals surface area contributed by atoms with E-state index >= 15 is 0 Å². The van der Waals surface area contributed by atoms with Gasteiger partial charge in [0, 0.05) is 9.79 Å². The third kappa shape index (κ3) is 7.18. The van der Waals surface area contributed by atoms with Crippen molar-refractivity contribution in [3.63, 3.8) is 0 Å². The van der Waals surface area contributed by atoms with Crippen molar-refractivity contribution in [1.82, 2.24) is 4.72 Å². The number of hydrogen-bond acceptors (Lipinski definition) is 6. The van der Waals surface area contributed by atoms with Crippen molar-refractivity contribution < 1.29 is 22.7 Å². The number of ether oxygens (including phenoxy) is 1. The van der Waals surface area contributed by atoms with Crippen LogP contribution in [0.2, 0.25) is 0 Å². The van der Waals surface area contributed by atoms with Crippen LogP contribution in [0.4, 0.5) is 5.69 Å². The largest absolute Gasteiger partial charge is 0.454 e. The Morgan fingerprint density at radius 2 is 1.47 bits per heavy atom. The molecular weight excluding hydrogens is 472 g/mol. The summed E-state index contributed by atoms with van der Waals surface area (Å²) < 4.78 is 32.8. The molecule has 0 aliphatic carbocycles. The molecule has 7 nitrogen and oxygen atoms in total. The van der Waals surface area contributed by atoms with Gasteiger partial charge in [-0.1, -0.05) is 74.1 Å². The molecule has 1 amide bonds. The summed E-state index contributed by atoms with van der Waals surface area (Å²) in [6.45, 7) is 2.84. The van der Waals surface area contributed by atoms with Crippen LogP contribution in [-0.2, 0) is 24.3 Å². The zero-order chi connectivity index (χ0) is 24.6. The van der Waals surface area contributed by atoms with Crippen LogP contribution in [-0.4, -0.2) is 32.9 Å². The lowest BCUT2D eigenvalue weighted by atomic mass is 10.1. The molecule has 0 bridgehead atoms. The third-order valence-electron chi connectivity index (χ3n) is 4.73. The van der Waals surface area contributed by atoms with Gasteiger partial charge in [0.05, 0.1) is 10.6 Å². The average molecular weight is 499 g/mol. The lowest BCUT2D eigenvalue weighted by Gasteiger charge is -2.20. The molecule has 0 saturated heterocycles. The first-order valence-electron chi connectivity index (χ1n) is 10.6. The molecule has 0 heterocycles.